The van der Waals surface area contributed by atoms with Crippen LogP contribution in [0.25, 0.3) is 0 Å². The van der Waals surface area contributed by atoms with Gasteiger partial charge in [-0.3, -0.25) is 4.79 Å². The van der Waals surface area contributed by atoms with Crippen LogP contribution in [0.2, 0.25) is 0 Å². The van der Waals surface area contributed by atoms with Gasteiger partial charge in [0.1, 0.15) is 12.5 Å². The minimum absolute atomic E-state index is 0.233. The average molecular weight is 483 g/mol. The van der Waals surface area contributed by atoms with Crippen molar-refractivity contribution in [3.8, 4) is 5.75 Å². The lowest BCUT2D eigenvalue weighted by atomic mass is 9.83. The van der Waals surface area contributed by atoms with Crippen molar-refractivity contribution in [3.05, 3.63) is 29.8 Å². The fourth-order valence-corrected chi connectivity index (χ4v) is 4.30. The number of ether oxygens (including phenoxy) is 2. The van der Waals surface area contributed by atoms with Crippen LogP contribution in [0.4, 0.5) is 0 Å². The second-order valence-corrected chi connectivity index (χ2v) is 9.73. The van der Waals surface area contributed by atoms with E-state index in [2.05, 4.69) is 28.2 Å². The zero-order chi connectivity index (χ0) is 24.5. The maximum absolute atomic E-state index is 12.0. The predicted molar refractivity (Wildman–Crippen MR) is 134 cm³/mol. The van der Waals surface area contributed by atoms with Crippen LogP contribution in [0.1, 0.15) is 69.3 Å². The largest absolute Gasteiger partial charge is 0.494 e. The van der Waals surface area contributed by atoms with Crippen LogP contribution >= 0.6 is 0 Å². The summed E-state index contributed by atoms with van der Waals surface area (Å²) in [7, 11) is 2.64. The standard InChI is InChI=1S/C22H33NO3.C2H7NOS.CH2O/c1-25-20-12-10-17(11-13-20)19-8-4-9-21(16-19)26-15-5-14-23-22(24)18-6-2-3-7-18;1-3-5(2)4;1-2/h4,8-9,16-18,20H,2-3,5-7,10-15H2,1H3,(H,23,24);3H,1-2H3;1H2. The van der Waals surface area contributed by atoms with Gasteiger partial charge in [-0.15, -0.1) is 0 Å². The van der Waals surface area contributed by atoms with E-state index in [1.807, 2.05) is 20.0 Å². The minimum atomic E-state index is -0.823. The number of benzene rings is 1. The Morgan fingerprint density at radius 2 is 1.76 bits per heavy atom. The number of nitrogens with one attached hydrogen (secondary N) is 2. The second kappa shape index (κ2) is 17.7. The van der Waals surface area contributed by atoms with Crippen LogP contribution < -0.4 is 14.8 Å². The zero-order valence-corrected chi connectivity index (χ0v) is 21.3. The highest BCUT2D eigenvalue weighted by atomic mass is 32.2. The molecule has 3 rings (SSSR count). The Labute approximate surface area is 202 Å². The number of carbonyl (C=O) groups is 2. The molecule has 1 atom stereocenters. The molecule has 188 valence electrons. The Hall–Kier alpha value is -1.77. The molecule has 33 heavy (non-hydrogen) atoms. The molecule has 0 aliphatic heterocycles. The molecule has 1 amide bonds. The van der Waals surface area contributed by atoms with Gasteiger partial charge in [0, 0.05) is 25.8 Å². The lowest BCUT2D eigenvalue weighted by Crippen LogP contribution is -2.30. The maximum Gasteiger partial charge on any atom is 0.223 e. The van der Waals surface area contributed by atoms with Gasteiger partial charge in [-0.25, -0.2) is 8.93 Å². The highest BCUT2D eigenvalue weighted by molar-refractivity contribution is 7.82. The van der Waals surface area contributed by atoms with E-state index in [0.717, 1.165) is 37.9 Å². The Balaban J connectivity index is 0.000000689. The van der Waals surface area contributed by atoms with Crippen LogP contribution in [-0.2, 0) is 25.3 Å². The van der Waals surface area contributed by atoms with E-state index in [-0.39, 0.29) is 11.8 Å². The lowest BCUT2D eigenvalue weighted by molar-refractivity contribution is -0.124. The van der Waals surface area contributed by atoms with E-state index in [1.165, 1.54) is 31.2 Å². The number of rotatable bonds is 9. The summed E-state index contributed by atoms with van der Waals surface area (Å²) in [6, 6.07) is 8.53. The van der Waals surface area contributed by atoms with Gasteiger partial charge in [0.15, 0.2) is 0 Å². The molecular weight excluding hydrogens is 440 g/mol. The first kappa shape index (κ1) is 29.3. The van der Waals surface area contributed by atoms with Crippen molar-refractivity contribution in [1.82, 2.24) is 10.0 Å². The summed E-state index contributed by atoms with van der Waals surface area (Å²) >= 11 is 0. The Bertz CT molecular complexity index is 689. The molecule has 1 unspecified atom stereocenters. The third-order valence-corrected chi connectivity index (χ3v) is 6.81. The molecule has 2 saturated carbocycles. The van der Waals surface area contributed by atoms with Crippen LogP contribution in [-0.4, -0.2) is 56.6 Å². The molecule has 2 aliphatic rings. The minimum Gasteiger partial charge on any atom is -0.494 e. The number of amides is 1. The molecule has 1 aromatic carbocycles. The number of methoxy groups -OCH3 is 1. The average Bonchev–Trinajstić information content (AvgIpc) is 3.41. The van der Waals surface area contributed by atoms with Crippen molar-refractivity contribution in [3.63, 3.8) is 0 Å². The van der Waals surface area contributed by atoms with Crippen molar-refractivity contribution < 1.29 is 23.3 Å². The quantitative estimate of drug-likeness (QED) is 0.523. The topological polar surface area (TPSA) is 93.7 Å². The van der Waals surface area contributed by atoms with Gasteiger partial charge in [0.05, 0.1) is 23.7 Å². The van der Waals surface area contributed by atoms with Gasteiger partial charge in [-0.05, 0) is 75.6 Å². The van der Waals surface area contributed by atoms with Crippen molar-refractivity contribution in [1.29, 1.82) is 0 Å². The predicted octanol–water partition coefficient (Wildman–Crippen LogP) is 3.75. The SMILES string of the molecule is C=O.CNS(C)=O.COC1CCC(c2cccc(OCCCNC(=O)C3CCCC3)c2)CC1. The number of carbonyl (C=O) groups excluding carboxylic acids is 2. The first-order valence-electron chi connectivity index (χ1n) is 11.9. The summed E-state index contributed by atoms with van der Waals surface area (Å²) in [6.45, 7) is 3.35. The van der Waals surface area contributed by atoms with E-state index in [4.69, 9.17) is 14.3 Å². The number of hydrogen-bond donors (Lipinski definition) is 2. The van der Waals surface area contributed by atoms with Crippen LogP contribution in [0.5, 0.6) is 5.75 Å². The zero-order valence-electron chi connectivity index (χ0n) is 20.5. The monoisotopic (exact) mass is 482 g/mol. The summed E-state index contributed by atoms with van der Waals surface area (Å²) in [5.74, 6) is 2.05. The summed E-state index contributed by atoms with van der Waals surface area (Å²) in [4.78, 5) is 20.0. The third-order valence-electron chi connectivity index (χ3n) is 6.24. The van der Waals surface area contributed by atoms with Crippen molar-refractivity contribution in [2.45, 2.75) is 69.8 Å². The van der Waals surface area contributed by atoms with Crippen molar-refractivity contribution >= 4 is 23.7 Å². The smallest absolute Gasteiger partial charge is 0.223 e. The Morgan fingerprint density at radius 3 is 2.33 bits per heavy atom. The molecule has 0 spiro atoms. The highest BCUT2D eigenvalue weighted by Crippen LogP contribution is 2.35. The fourth-order valence-electron chi connectivity index (χ4n) is 4.30. The second-order valence-electron chi connectivity index (χ2n) is 8.41. The molecule has 2 N–H and O–H groups in total. The third kappa shape index (κ3) is 11.8. The summed E-state index contributed by atoms with van der Waals surface area (Å²) in [6.07, 6.45) is 12.1. The van der Waals surface area contributed by atoms with Gasteiger partial charge in [-0.2, -0.15) is 0 Å². The molecule has 0 saturated heterocycles. The van der Waals surface area contributed by atoms with E-state index < -0.39 is 11.0 Å². The van der Waals surface area contributed by atoms with Gasteiger partial charge in [0.2, 0.25) is 5.91 Å². The first-order valence-corrected chi connectivity index (χ1v) is 13.4. The van der Waals surface area contributed by atoms with Crippen molar-refractivity contribution in [2.75, 3.05) is 33.6 Å². The van der Waals surface area contributed by atoms with Crippen LogP contribution in [0.15, 0.2) is 24.3 Å². The molecule has 0 aromatic heterocycles. The van der Waals surface area contributed by atoms with Gasteiger partial charge in [-0.1, -0.05) is 25.0 Å². The lowest BCUT2D eigenvalue weighted by Gasteiger charge is -2.28. The van der Waals surface area contributed by atoms with E-state index in [9.17, 15) is 9.00 Å². The Kier molecular flexibility index (Phi) is 15.7. The number of hydrogen-bond acceptors (Lipinski definition) is 5. The van der Waals surface area contributed by atoms with Crippen LogP contribution in [0.3, 0.4) is 0 Å². The summed E-state index contributed by atoms with van der Waals surface area (Å²) in [5, 5.41) is 3.05. The molecule has 0 radical (unpaired) electrons. The maximum atomic E-state index is 12.0. The molecule has 1 aromatic rings. The molecule has 2 aliphatic carbocycles. The van der Waals surface area contributed by atoms with Gasteiger partial charge < -0.3 is 19.6 Å². The van der Waals surface area contributed by atoms with E-state index in [0.29, 0.717) is 25.2 Å². The molecule has 2 fully saturated rings. The molecular formula is C25H42N2O5S. The molecule has 8 heteroatoms. The first-order chi connectivity index (χ1) is 16.0. The van der Waals surface area contributed by atoms with Crippen LogP contribution in [0, 0.1) is 5.92 Å². The molecule has 0 bridgehead atoms. The fraction of sp³-hybridized carbons (Fsp3) is 0.680. The van der Waals surface area contributed by atoms with Crippen molar-refractivity contribution in [2.24, 2.45) is 5.92 Å². The summed E-state index contributed by atoms with van der Waals surface area (Å²) in [5.41, 5.74) is 1.38. The normalized spacial score (nSPS) is 21.1. The van der Waals surface area contributed by atoms with E-state index in [1.54, 1.807) is 13.3 Å². The van der Waals surface area contributed by atoms with Gasteiger partial charge >= 0.3 is 0 Å². The summed E-state index contributed by atoms with van der Waals surface area (Å²) < 4.78 is 23.7. The molecule has 0 heterocycles. The van der Waals surface area contributed by atoms with Gasteiger partial charge in [0.25, 0.3) is 0 Å². The van der Waals surface area contributed by atoms with E-state index >= 15 is 0 Å². The Morgan fingerprint density at radius 1 is 1.12 bits per heavy atom. The molecule has 7 nitrogen and oxygen atoms in total. The highest BCUT2D eigenvalue weighted by Gasteiger charge is 2.23.